The zero-order valence-corrected chi connectivity index (χ0v) is 18.8. The highest BCUT2D eigenvalue weighted by atomic mass is 32.2. The number of hydrogen-bond donors (Lipinski definition) is 1. The molecule has 0 radical (unpaired) electrons. The van der Waals surface area contributed by atoms with Gasteiger partial charge in [0.15, 0.2) is 11.2 Å². The van der Waals surface area contributed by atoms with Crippen LogP contribution in [0, 0.1) is 0 Å². The largest absolute Gasteiger partial charge is 0.416 e. The standard InChI is InChI=1S/C25H17F3N4O2S/c26-25(27,28)16-9-6-10-17(13-16)29-20(33)14-35-24-30-19-12-5-4-11-18(19)22-31-21(23(34)32(22)24)15-7-2-1-3-8-15/h1-13,21H,14H2,(H,29,33). The minimum Gasteiger partial charge on any atom is -0.325 e. The second-order valence-electron chi connectivity index (χ2n) is 7.77. The Morgan fingerprint density at radius 2 is 1.74 bits per heavy atom. The molecule has 0 saturated heterocycles. The number of nitrogens with one attached hydrogen (secondary N) is 1. The molecule has 0 fully saturated rings. The van der Waals surface area contributed by atoms with Crippen molar-refractivity contribution in [1.82, 2.24) is 4.90 Å². The minimum absolute atomic E-state index is 0.0324. The molecule has 0 spiro atoms. The number of carbonyl (C=O) groups excluding carboxylic acids is 2. The summed E-state index contributed by atoms with van der Waals surface area (Å²) in [6.45, 7) is 0. The Bertz CT molecular complexity index is 1370. The van der Waals surface area contributed by atoms with Gasteiger partial charge in [0, 0.05) is 11.3 Å². The van der Waals surface area contributed by atoms with Crippen LogP contribution in [0.5, 0.6) is 0 Å². The van der Waals surface area contributed by atoms with Crippen LogP contribution in [-0.4, -0.2) is 33.5 Å². The minimum atomic E-state index is -4.51. The third-order valence-corrected chi connectivity index (χ3v) is 6.33. The van der Waals surface area contributed by atoms with E-state index in [0.717, 1.165) is 29.5 Å². The number of fused-ring (bicyclic) bond motifs is 3. The number of amidine groups is 2. The lowest BCUT2D eigenvalue weighted by molar-refractivity contribution is -0.137. The van der Waals surface area contributed by atoms with Gasteiger partial charge in [-0.2, -0.15) is 13.2 Å². The summed E-state index contributed by atoms with van der Waals surface area (Å²) in [5, 5.41) is 2.75. The molecule has 3 aromatic rings. The van der Waals surface area contributed by atoms with Crippen molar-refractivity contribution in [2.24, 2.45) is 9.98 Å². The fourth-order valence-electron chi connectivity index (χ4n) is 3.80. The Labute approximate surface area is 202 Å². The van der Waals surface area contributed by atoms with Crippen LogP contribution in [0.1, 0.15) is 22.7 Å². The number of para-hydroxylation sites is 1. The van der Waals surface area contributed by atoms with E-state index in [1.807, 2.05) is 48.5 Å². The van der Waals surface area contributed by atoms with Gasteiger partial charge in [0.2, 0.25) is 5.91 Å². The van der Waals surface area contributed by atoms with E-state index < -0.39 is 23.7 Å². The number of benzene rings is 3. The lowest BCUT2D eigenvalue weighted by atomic mass is 10.1. The van der Waals surface area contributed by atoms with Crippen molar-refractivity contribution in [1.29, 1.82) is 0 Å². The monoisotopic (exact) mass is 494 g/mol. The fraction of sp³-hybridized carbons (Fsp3) is 0.120. The molecule has 1 N–H and O–H groups in total. The summed E-state index contributed by atoms with van der Waals surface area (Å²) >= 11 is 1.02. The van der Waals surface area contributed by atoms with E-state index in [0.29, 0.717) is 17.1 Å². The van der Waals surface area contributed by atoms with Crippen LogP contribution in [0.15, 0.2) is 88.8 Å². The maximum Gasteiger partial charge on any atom is 0.416 e. The molecular formula is C25H17F3N4O2S. The van der Waals surface area contributed by atoms with Crippen LogP contribution in [-0.2, 0) is 15.8 Å². The predicted molar refractivity (Wildman–Crippen MR) is 129 cm³/mol. The number of aliphatic imine (C=N–C) groups is 2. The van der Waals surface area contributed by atoms with Crippen LogP contribution in [0.3, 0.4) is 0 Å². The van der Waals surface area contributed by atoms with E-state index in [-0.39, 0.29) is 22.5 Å². The normalized spacial score (nSPS) is 16.8. The first-order chi connectivity index (χ1) is 16.8. The molecule has 35 heavy (non-hydrogen) atoms. The number of thioether (sulfide) groups is 1. The molecule has 2 aliphatic heterocycles. The van der Waals surface area contributed by atoms with Crippen molar-refractivity contribution in [2.75, 3.05) is 11.1 Å². The van der Waals surface area contributed by atoms with Gasteiger partial charge < -0.3 is 5.32 Å². The summed E-state index contributed by atoms with van der Waals surface area (Å²) in [5.41, 5.74) is 1.24. The molecule has 10 heteroatoms. The summed E-state index contributed by atoms with van der Waals surface area (Å²) in [7, 11) is 0. The van der Waals surface area contributed by atoms with E-state index in [2.05, 4.69) is 15.3 Å². The zero-order chi connectivity index (χ0) is 24.6. The number of alkyl halides is 3. The molecule has 0 bridgehead atoms. The molecule has 2 aliphatic rings. The Balaban J connectivity index is 1.37. The van der Waals surface area contributed by atoms with Crippen LogP contribution in [0.25, 0.3) is 0 Å². The van der Waals surface area contributed by atoms with Crippen molar-refractivity contribution in [3.63, 3.8) is 0 Å². The second kappa shape index (κ2) is 9.03. The topological polar surface area (TPSA) is 74.1 Å². The van der Waals surface area contributed by atoms with Gasteiger partial charge >= 0.3 is 6.18 Å². The van der Waals surface area contributed by atoms with Gasteiger partial charge in [0.25, 0.3) is 5.91 Å². The quantitative estimate of drug-likeness (QED) is 0.527. The first-order valence-corrected chi connectivity index (χ1v) is 11.5. The third kappa shape index (κ3) is 4.57. The molecule has 176 valence electrons. The van der Waals surface area contributed by atoms with E-state index in [1.54, 1.807) is 6.07 Å². The van der Waals surface area contributed by atoms with Crippen molar-refractivity contribution < 1.29 is 22.8 Å². The van der Waals surface area contributed by atoms with Crippen LogP contribution >= 0.6 is 11.8 Å². The van der Waals surface area contributed by atoms with Crippen molar-refractivity contribution >= 4 is 46.0 Å². The number of anilines is 1. The van der Waals surface area contributed by atoms with Gasteiger partial charge in [0.1, 0.15) is 5.84 Å². The summed E-state index contributed by atoms with van der Waals surface area (Å²) in [6, 6.07) is 20.1. The van der Waals surface area contributed by atoms with Crippen molar-refractivity contribution in [3.8, 4) is 0 Å². The zero-order valence-electron chi connectivity index (χ0n) is 18.0. The van der Waals surface area contributed by atoms with Gasteiger partial charge in [-0.15, -0.1) is 0 Å². The first kappa shape index (κ1) is 22.9. The number of halogens is 3. The van der Waals surface area contributed by atoms with E-state index in [4.69, 9.17) is 0 Å². The fourth-order valence-corrected chi connectivity index (χ4v) is 4.60. The second-order valence-corrected chi connectivity index (χ2v) is 8.71. The SMILES string of the molecule is O=C(CSC1=Nc2ccccc2C2=NC(c3ccccc3)C(=O)N12)Nc1cccc(C(F)(F)F)c1. The number of hydrogen-bond acceptors (Lipinski definition) is 5. The number of carbonyl (C=O) groups is 2. The molecule has 2 heterocycles. The average molecular weight is 494 g/mol. The highest BCUT2D eigenvalue weighted by Crippen LogP contribution is 2.37. The molecule has 0 aromatic heterocycles. The average Bonchev–Trinajstić information content (AvgIpc) is 3.20. The maximum atomic E-state index is 13.3. The molecule has 3 aromatic carbocycles. The Kier molecular flexibility index (Phi) is 5.89. The highest BCUT2D eigenvalue weighted by molar-refractivity contribution is 8.14. The maximum absolute atomic E-state index is 13.3. The van der Waals surface area contributed by atoms with E-state index in [1.165, 1.54) is 17.0 Å². The number of amides is 2. The van der Waals surface area contributed by atoms with Crippen LogP contribution in [0.4, 0.5) is 24.5 Å². The summed E-state index contributed by atoms with van der Waals surface area (Å²) in [4.78, 5) is 36.5. The first-order valence-electron chi connectivity index (χ1n) is 10.6. The van der Waals surface area contributed by atoms with E-state index in [9.17, 15) is 22.8 Å². The summed E-state index contributed by atoms with van der Waals surface area (Å²) < 4.78 is 38.9. The number of rotatable bonds is 4. The summed E-state index contributed by atoms with van der Waals surface area (Å²) in [5.74, 6) is -0.522. The molecule has 5 rings (SSSR count). The lowest BCUT2D eigenvalue weighted by Gasteiger charge is -2.25. The van der Waals surface area contributed by atoms with Gasteiger partial charge in [-0.05, 0) is 35.9 Å². The molecule has 1 atom stereocenters. The van der Waals surface area contributed by atoms with Crippen molar-refractivity contribution in [2.45, 2.75) is 12.2 Å². The molecule has 6 nitrogen and oxygen atoms in total. The van der Waals surface area contributed by atoms with E-state index >= 15 is 0 Å². The highest BCUT2D eigenvalue weighted by Gasteiger charge is 2.42. The molecule has 1 unspecified atom stereocenters. The van der Waals surface area contributed by atoms with Gasteiger partial charge in [0.05, 0.1) is 17.0 Å². The van der Waals surface area contributed by atoms with Crippen LogP contribution in [0.2, 0.25) is 0 Å². The Hall–Kier alpha value is -3.92. The molecular weight excluding hydrogens is 477 g/mol. The third-order valence-electron chi connectivity index (χ3n) is 5.39. The lowest BCUT2D eigenvalue weighted by Crippen LogP contribution is -2.40. The Morgan fingerprint density at radius 1 is 1.00 bits per heavy atom. The smallest absolute Gasteiger partial charge is 0.325 e. The van der Waals surface area contributed by atoms with Gasteiger partial charge in [-0.1, -0.05) is 60.3 Å². The van der Waals surface area contributed by atoms with Gasteiger partial charge in [-0.25, -0.2) is 14.9 Å². The number of nitrogens with zero attached hydrogens (tertiary/aromatic N) is 3. The predicted octanol–water partition coefficient (Wildman–Crippen LogP) is 5.41. The summed E-state index contributed by atoms with van der Waals surface area (Å²) in [6.07, 6.45) is -4.51. The molecule has 0 aliphatic carbocycles. The van der Waals surface area contributed by atoms with Crippen molar-refractivity contribution in [3.05, 3.63) is 95.6 Å². The Morgan fingerprint density at radius 3 is 2.51 bits per heavy atom. The van der Waals surface area contributed by atoms with Crippen LogP contribution < -0.4 is 5.32 Å². The molecule has 2 amide bonds. The van der Waals surface area contributed by atoms with Gasteiger partial charge in [-0.3, -0.25) is 9.59 Å². The molecule has 0 saturated carbocycles.